The fourth-order valence-corrected chi connectivity index (χ4v) is 3.15. The number of hydrogen-bond donors (Lipinski definition) is 0. The molecular weight excluding hydrogens is 324 g/mol. The van der Waals surface area contributed by atoms with Crippen LogP contribution in [0.4, 0.5) is 0 Å². The summed E-state index contributed by atoms with van der Waals surface area (Å²) in [6, 6.07) is 16.5. The van der Waals surface area contributed by atoms with Crippen LogP contribution < -0.4 is 0 Å². The monoisotopic (exact) mass is 338 g/mol. The number of hydrogen-bond acceptors (Lipinski definition) is 1. The third-order valence-corrected chi connectivity index (χ3v) is 4.21. The van der Waals surface area contributed by atoms with Crippen molar-refractivity contribution in [2.45, 2.75) is 19.9 Å². The topological polar surface area (TPSA) is 28.7 Å². The van der Waals surface area contributed by atoms with Crippen molar-refractivity contribution in [1.82, 2.24) is 4.57 Å². The summed E-state index contributed by atoms with van der Waals surface area (Å²) in [7, 11) is 0. The molecule has 1 aromatic heterocycles. The Labute approximate surface area is 132 Å². The fraction of sp³-hybridized carbons (Fsp3) is 0.167. The molecule has 104 valence electrons. The Morgan fingerprint density at radius 1 is 1.19 bits per heavy atom. The molecule has 0 N–H and O–H groups in total. The first kappa shape index (κ1) is 13.9. The normalized spacial score (nSPS) is 10.7. The highest BCUT2D eigenvalue weighted by Crippen LogP contribution is 2.25. The summed E-state index contributed by atoms with van der Waals surface area (Å²) in [5, 5.41) is 10.3. The second-order valence-corrected chi connectivity index (χ2v) is 6.01. The predicted molar refractivity (Wildman–Crippen MR) is 89.3 cm³/mol. The van der Waals surface area contributed by atoms with Crippen LogP contribution in [0.3, 0.4) is 0 Å². The molecular formula is C18H15BrN2. The van der Waals surface area contributed by atoms with Gasteiger partial charge in [-0.25, -0.2) is 0 Å². The molecule has 0 spiro atoms. The van der Waals surface area contributed by atoms with Crippen molar-refractivity contribution >= 4 is 26.8 Å². The van der Waals surface area contributed by atoms with Crippen LogP contribution in [0.15, 0.2) is 53.1 Å². The number of nitriles is 1. The summed E-state index contributed by atoms with van der Waals surface area (Å²) < 4.78 is 3.31. The van der Waals surface area contributed by atoms with E-state index in [1.165, 1.54) is 16.5 Å². The van der Waals surface area contributed by atoms with Crippen LogP contribution in [-0.2, 0) is 13.0 Å². The molecule has 0 unspecified atom stereocenters. The summed E-state index contributed by atoms with van der Waals surface area (Å²) in [6.07, 6.45) is 3.10. The van der Waals surface area contributed by atoms with Gasteiger partial charge in [-0.2, -0.15) is 5.26 Å². The minimum absolute atomic E-state index is 0.712. The van der Waals surface area contributed by atoms with Gasteiger partial charge in [0, 0.05) is 28.1 Å². The van der Waals surface area contributed by atoms with Gasteiger partial charge < -0.3 is 4.57 Å². The van der Waals surface area contributed by atoms with E-state index in [1.807, 2.05) is 18.2 Å². The van der Waals surface area contributed by atoms with Crippen molar-refractivity contribution in [3.8, 4) is 6.07 Å². The highest BCUT2D eigenvalue weighted by molar-refractivity contribution is 9.10. The number of aryl methyl sites for hydroxylation is 1. The molecule has 1 heterocycles. The van der Waals surface area contributed by atoms with E-state index in [0.717, 1.165) is 23.0 Å². The maximum absolute atomic E-state index is 9.07. The lowest BCUT2D eigenvalue weighted by Gasteiger charge is -2.01. The smallest absolute Gasteiger partial charge is 0.0992 e. The third kappa shape index (κ3) is 2.72. The molecule has 0 atom stereocenters. The zero-order chi connectivity index (χ0) is 14.8. The molecule has 0 aliphatic rings. The number of rotatable bonds is 3. The highest BCUT2D eigenvalue weighted by atomic mass is 79.9. The first-order valence-electron chi connectivity index (χ1n) is 6.97. The van der Waals surface area contributed by atoms with Gasteiger partial charge in [0.2, 0.25) is 0 Å². The maximum atomic E-state index is 9.07. The number of benzene rings is 2. The zero-order valence-electron chi connectivity index (χ0n) is 11.8. The summed E-state index contributed by atoms with van der Waals surface area (Å²) in [5.74, 6) is 0. The van der Waals surface area contributed by atoms with Gasteiger partial charge in [0.1, 0.15) is 0 Å². The Bertz CT molecular complexity index is 840. The molecule has 0 bridgehead atoms. The number of nitrogens with zero attached hydrogens (tertiary/aromatic N) is 2. The summed E-state index contributed by atoms with van der Waals surface area (Å²) in [4.78, 5) is 0. The van der Waals surface area contributed by atoms with E-state index in [1.54, 1.807) is 0 Å². The van der Waals surface area contributed by atoms with Crippen LogP contribution in [0, 0.1) is 11.3 Å². The molecule has 0 saturated heterocycles. The van der Waals surface area contributed by atoms with Crippen molar-refractivity contribution in [3.63, 3.8) is 0 Å². The molecule has 0 amide bonds. The lowest BCUT2D eigenvalue weighted by atomic mass is 10.0. The molecule has 0 aliphatic carbocycles. The molecule has 0 radical (unpaired) electrons. The van der Waals surface area contributed by atoms with Gasteiger partial charge in [0.15, 0.2) is 0 Å². The van der Waals surface area contributed by atoms with Crippen LogP contribution in [0.2, 0.25) is 0 Å². The van der Waals surface area contributed by atoms with Gasteiger partial charge in [0.25, 0.3) is 0 Å². The SMILES string of the molecule is CCn1cc(Cc2cccc(Br)c2)c2ccc(C#N)cc21. The summed E-state index contributed by atoms with van der Waals surface area (Å²) >= 11 is 3.52. The Hall–Kier alpha value is -2.05. The van der Waals surface area contributed by atoms with Gasteiger partial charge in [0.05, 0.1) is 11.6 Å². The molecule has 0 saturated carbocycles. The lowest BCUT2D eigenvalue weighted by molar-refractivity contribution is 0.793. The molecule has 2 aromatic carbocycles. The van der Waals surface area contributed by atoms with E-state index < -0.39 is 0 Å². The van der Waals surface area contributed by atoms with E-state index in [4.69, 9.17) is 5.26 Å². The molecule has 0 fully saturated rings. The zero-order valence-corrected chi connectivity index (χ0v) is 13.4. The van der Waals surface area contributed by atoms with Gasteiger partial charge in [-0.05, 0) is 48.7 Å². The van der Waals surface area contributed by atoms with Crippen LogP contribution in [0.25, 0.3) is 10.9 Å². The number of halogens is 1. The molecule has 2 nitrogen and oxygen atoms in total. The molecule has 3 heteroatoms. The Balaban J connectivity index is 2.09. The van der Waals surface area contributed by atoms with Crippen molar-refractivity contribution in [2.75, 3.05) is 0 Å². The molecule has 3 aromatic rings. The fourth-order valence-electron chi connectivity index (χ4n) is 2.71. The first-order valence-corrected chi connectivity index (χ1v) is 7.77. The minimum atomic E-state index is 0.712. The number of aromatic nitrogens is 1. The van der Waals surface area contributed by atoms with E-state index in [-0.39, 0.29) is 0 Å². The quantitative estimate of drug-likeness (QED) is 0.668. The van der Waals surface area contributed by atoms with Crippen molar-refractivity contribution in [1.29, 1.82) is 5.26 Å². The molecule has 3 rings (SSSR count). The summed E-state index contributed by atoms with van der Waals surface area (Å²) in [6.45, 7) is 3.03. The molecule has 0 aliphatic heterocycles. The van der Waals surface area contributed by atoms with Crippen LogP contribution in [-0.4, -0.2) is 4.57 Å². The highest BCUT2D eigenvalue weighted by Gasteiger charge is 2.09. The van der Waals surface area contributed by atoms with Crippen LogP contribution >= 0.6 is 15.9 Å². The van der Waals surface area contributed by atoms with Gasteiger partial charge in [-0.3, -0.25) is 0 Å². The third-order valence-electron chi connectivity index (χ3n) is 3.72. The average molecular weight is 339 g/mol. The van der Waals surface area contributed by atoms with E-state index in [2.05, 4.69) is 64.0 Å². The second-order valence-electron chi connectivity index (χ2n) is 5.09. The first-order chi connectivity index (χ1) is 10.2. The van der Waals surface area contributed by atoms with Crippen molar-refractivity contribution in [2.24, 2.45) is 0 Å². The predicted octanol–water partition coefficient (Wildman–Crippen LogP) is 4.89. The van der Waals surface area contributed by atoms with Gasteiger partial charge in [-0.1, -0.05) is 34.1 Å². The van der Waals surface area contributed by atoms with E-state index in [9.17, 15) is 0 Å². The minimum Gasteiger partial charge on any atom is -0.347 e. The van der Waals surface area contributed by atoms with E-state index >= 15 is 0 Å². The summed E-state index contributed by atoms with van der Waals surface area (Å²) in [5.41, 5.74) is 4.43. The van der Waals surface area contributed by atoms with Gasteiger partial charge >= 0.3 is 0 Å². The Morgan fingerprint density at radius 2 is 2.05 bits per heavy atom. The standard InChI is InChI=1S/C18H15BrN2/c1-2-21-12-15(8-13-4-3-5-16(19)9-13)17-7-6-14(11-20)10-18(17)21/h3-7,9-10,12H,2,8H2,1H3. The van der Waals surface area contributed by atoms with Crippen LogP contribution in [0.1, 0.15) is 23.6 Å². The Kier molecular flexibility index (Phi) is 3.81. The lowest BCUT2D eigenvalue weighted by Crippen LogP contribution is -1.91. The van der Waals surface area contributed by atoms with E-state index in [0.29, 0.717) is 5.56 Å². The van der Waals surface area contributed by atoms with Crippen LogP contribution in [0.5, 0.6) is 0 Å². The second kappa shape index (κ2) is 5.75. The maximum Gasteiger partial charge on any atom is 0.0992 e. The largest absolute Gasteiger partial charge is 0.347 e. The van der Waals surface area contributed by atoms with Crippen molar-refractivity contribution < 1.29 is 0 Å². The average Bonchev–Trinajstić information content (AvgIpc) is 2.84. The Morgan fingerprint density at radius 3 is 2.76 bits per heavy atom. The van der Waals surface area contributed by atoms with Crippen molar-refractivity contribution in [3.05, 3.63) is 69.8 Å². The molecule has 21 heavy (non-hydrogen) atoms. The number of fused-ring (bicyclic) bond motifs is 1. The van der Waals surface area contributed by atoms with Gasteiger partial charge in [-0.15, -0.1) is 0 Å².